The number of benzene rings is 1. The number of hydrogen-bond donors (Lipinski definition) is 0. The Morgan fingerprint density at radius 1 is 1.44 bits per heavy atom. The number of hydrogen-bond acceptors (Lipinski definition) is 3. The Hall–Kier alpha value is -1.60. The lowest BCUT2D eigenvalue weighted by Gasteiger charge is -2.34. The van der Waals surface area contributed by atoms with Gasteiger partial charge < -0.3 is 4.74 Å². The van der Waals surface area contributed by atoms with Gasteiger partial charge in [-0.3, -0.25) is 4.90 Å². The molecule has 1 aliphatic heterocycles. The molecule has 0 saturated carbocycles. The maximum absolute atomic E-state index is 11.9. The zero-order valence-corrected chi connectivity index (χ0v) is 10.9. The van der Waals surface area contributed by atoms with Crippen LogP contribution in [0, 0.1) is 12.3 Å². The standard InChI is InChI=1S/C14H15NO2S/c1-2-8-15(13-10-18-11-13)14(16)17-9-12-6-4-3-5-7-12/h1,3-7,13H,8-11H2. The fourth-order valence-electron chi connectivity index (χ4n) is 1.65. The fraction of sp³-hybridized carbons (Fsp3) is 0.357. The van der Waals surface area contributed by atoms with Crippen molar-refractivity contribution in [2.75, 3.05) is 18.1 Å². The molecule has 0 radical (unpaired) electrons. The summed E-state index contributed by atoms with van der Waals surface area (Å²) >= 11 is 1.81. The predicted octanol–water partition coefficient (Wildman–Crippen LogP) is 2.37. The Bertz CT molecular complexity index is 437. The molecule has 18 heavy (non-hydrogen) atoms. The van der Waals surface area contributed by atoms with Crippen LogP contribution in [0.3, 0.4) is 0 Å². The van der Waals surface area contributed by atoms with Gasteiger partial charge in [0, 0.05) is 11.5 Å². The van der Waals surface area contributed by atoms with E-state index in [2.05, 4.69) is 5.92 Å². The van der Waals surface area contributed by atoms with Crippen LogP contribution in [0.2, 0.25) is 0 Å². The highest BCUT2D eigenvalue weighted by Crippen LogP contribution is 2.23. The molecule has 94 valence electrons. The van der Waals surface area contributed by atoms with Crippen molar-refractivity contribution in [1.82, 2.24) is 4.90 Å². The van der Waals surface area contributed by atoms with Crippen molar-refractivity contribution in [1.29, 1.82) is 0 Å². The third-order valence-corrected chi connectivity index (χ3v) is 4.00. The van der Waals surface area contributed by atoms with E-state index >= 15 is 0 Å². The highest BCUT2D eigenvalue weighted by Gasteiger charge is 2.29. The number of nitrogens with zero attached hydrogens (tertiary/aromatic N) is 1. The second kappa shape index (κ2) is 6.36. The number of carbonyl (C=O) groups excluding carboxylic acids is 1. The largest absolute Gasteiger partial charge is 0.445 e. The molecular formula is C14H15NO2S. The van der Waals surface area contributed by atoms with Crippen molar-refractivity contribution < 1.29 is 9.53 Å². The zero-order chi connectivity index (χ0) is 12.8. The highest BCUT2D eigenvalue weighted by molar-refractivity contribution is 8.00. The van der Waals surface area contributed by atoms with Gasteiger partial charge in [-0.1, -0.05) is 36.3 Å². The first kappa shape index (κ1) is 12.8. The smallest absolute Gasteiger partial charge is 0.411 e. The lowest BCUT2D eigenvalue weighted by molar-refractivity contribution is 0.0910. The Morgan fingerprint density at radius 2 is 2.17 bits per heavy atom. The van der Waals surface area contributed by atoms with Crippen LogP contribution in [0.15, 0.2) is 30.3 Å². The summed E-state index contributed by atoms with van der Waals surface area (Å²) < 4.78 is 5.28. The Labute approximate surface area is 112 Å². The quantitative estimate of drug-likeness (QED) is 0.779. The molecule has 0 aliphatic carbocycles. The number of thioether (sulfide) groups is 1. The Morgan fingerprint density at radius 3 is 2.72 bits per heavy atom. The summed E-state index contributed by atoms with van der Waals surface area (Å²) in [5.41, 5.74) is 0.981. The minimum absolute atomic E-state index is 0.231. The molecule has 3 nitrogen and oxygen atoms in total. The number of carbonyl (C=O) groups is 1. The molecule has 0 N–H and O–H groups in total. The van der Waals surface area contributed by atoms with Crippen LogP contribution in [-0.4, -0.2) is 35.1 Å². The van der Waals surface area contributed by atoms with Gasteiger partial charge in [-0.2, -0.15) is 11.8 Å². The molecule has 0 aromatic heterocycles. The van der Waals surface area contributed by atoms with Crippen LogP contribution in [0.5, 0.6) is 0 Å². The molecule has 1 aromatic carbocycles. The van der Waals surface area contributed by atoms with Crippen LogP contribution < -0.4 is 0 Å². The zero-order valence-electron chi connectivity index (χ0n) is 10.0. The van der Waals surface area contributed by atoms with Crippen molar-refractivity contribution in [3.05, 3.63) is 35.9 Å². The molecule has 1 saturated heterocycles. The van der Waals surface area contributed by atoms with Crippen LogP contribution in [0.25, 0.3) is 0 Å². The summed E-state index contributed by atoms with van der Waals surface area (Å²) in [5.74, 6) is 4.40. The minimum atomic E-state index is -0.317. The van der Waals surface area contributed by atoms with Gasteiger partial charge in [-0.15, -0.1) is 6.42 Å². The fourth-order valence-corrected chi connectivity index (χ4v) is 2.45. The van der Waals surface area contributed by atoms with Crippen molar-refractivity contribution >= 4 is 17.9 Å². The normalized spacial score (nSPS) is 14.4. The third kappa shape index (κ3) is 3.21. The lowest BCUT2D eigenvalue weighted by Crippen LogP contribution is -2.48. The van der Waals surface area contributed by atoms with Gasteiger partial charge in [-0.05, 0) is 5.56 Å². The second-order valence-electron chi connectivity index (χ2n) is 4.06. The minimum Gasteiger partial charge on any atom is -0.445 e. The predicted molar refractivity (Wildman–Crippen MR) is 73.3 cm³/mol. The first-order chi connectivity index (χ1) is 8.81. The summed E-state index contributed by atoms with van der Waals surface area (Å²) in [6, 6.07) is 9.86. The Balaban J connectivity index is 1.87. The highest BCUT2D eigenvalue weighted by atomic mass is 32.2. The van der Waals surface area contributed by atoms with E-state index < -0.39 is 0 Å². The molecule has 1 fully saturated rings. The summed E-state index contributed by atoms with van der Waals surface area (Å²) in [5, 5.41) is 0. The van der Waals surface area contributed by atoms with Crippen molar-refractivity contribution in [3.63, 3.8) is 0 Å². The van der Waals surface area contributed by atoms with E-state index in [1.165, 1.54) is 0 Å². The van der Waals surface area contributed by atoms with E-state index in [1.807, 2.05) is 42.1 Å². The van der Waals surface area contributed by atoms with E-state index in [4.69, 9.17) is 11.2 Å². The van der Waals surface area contributed by atoms with Crippen LogP contribution in [0.1, 0.15) is 5.56 Å². The third-order valence-electron chi connectivity index (χ3n) is 2.76. The van der Waals surface area contributed by atoms with Gasteiger partial charge >= 0.3 is 6.09 Å². The molecule has 1 aliphatic rings. The van der Waals surface area contributed by atoms with Crippen LogP contribution in [-0.2, 0) is 11.3 Å². The number of rotatable bonds is 4. The van der Waals surface area contributed by atoms with Crippen molar-refractivity contribution in [2.45, 2.75) is 12.6 Å². The molecule has 0 spiro atoms. The SMILES string of the molecule is C#CCN(C(=O)OCc1ccccc1)C1CSC1. The van der Waals surface area contributed by atoms with Gasteiger partial charge in [0.15, 0.2) is 0 Å². The van der Waals surface area contributed by atoms with Crippen LogP contribution >= 0.6 is 11.8 Å². The monoisotopic (exact) mass is 261 g/mol. The van der Waals surface area contributed by atoms with Crippen molar-refractivity contribution in [2.24, 2.45) is 0 Å². The number of terminal acetylenes is 1. The molecule has 0 atom stereocenters. The van der Waals surface area contributed by atoms with Gasteiger partial charge in [0.2, 0.25) is 0 Å². The summed E-state index contributed by atoms with van der Waals surface area (Å²) in [4.78, 5) is 13.6. The van der Waals surface area contributed by atoms with Crippen molar-refractivity contribution in [3.8, 4) is 12.3 Å². The molecule has 1 aromatic rings. The van der Waals surface area contributed by atoms with E-state index in [0.717, 1.165) is 17.1 Å². The summed E-state index contributed by atoms with van der Waals surface area (Å²) in [6.45, 7) is 0.611. The molecule has 4 heteroatoms. The van der Waals surface area contributed by atoms with Gasteiger partial charge in [0.1, 0.15) is 6.61 Å². The number of ether oxygens (including phenoxy) is 1. The molecule has 1 amide bonds. The average molecular weight is 261 g/mol. The van der Waals surface area contributed by atoms with E-state index in [1.54, 1.807) is 4.90 Å². The van der Waals surface area contributed by atoms with Crippen LogP contribution in [0.4, 0.5) is 4.79 Å². The van der Waals surface area contributed by atoms with Gasteiger partial charge in [0.25, 0.3) is 0 Å². The second-order valence-corrected chi connectivity index (χ2v) is 5.14. The maximum Gasteiger partial charge on any atom is 0.411 e. The van der Waals surface area contributed by atoms with E-state index in [-0.39, 0.29) is 12.1 Å². The van der Waals surface area contributed by atoms with E-state index in [0.29, 0.717) is 13.2 Å². The van der Waals surface area contributed by atoms with Gasteiger partial charge in [-0.25, -0.2) is 4.79 Å². The number of amides is 1. The molecule has 2 rings (SSSR count). The summed E-state index contributed by atoms with van der Waals surface area (Å²) in [7, 11) is 0. The first-order valence-electron chi connectivity index (χ1n) is 5.80. The average Bonchev–Trinajstić information content (AvgIpc) is 2.34. The molecule has 1 heterocycles. The summed E-state index contributed by atoms with van der Waals surface area (Å²) in [6.07, 6.45) is 4.97. The van der Waals surface area contributed by atoms with E-state index in [9.17, 15) is 4.79 Å². The topological polar surface area (TPSA) is 29.5 Å². The maximum atomic E-state index is 11.9. The first-order valence-corrected chi connectivity index (χ1v) is 6.95. The molecule has 0 bridgehead atoms. The Kier molecular flexibility index (Phi) is 4.54. The molecular weight excluding hydrogens is 246 g/mol. The lowest BCUT2D eigenvalue weighted by atomic mass is 10.2. The van der Waals surface area contributed by atoms with Gasteiger partial charge in [0.05, 0.1) is 12.6 Å². The molecule has 0 unspecified atom stereocenters.